The molecule has 0 aliphatic carbocycles. The molecule has 0 fully saturated rings. The van der Waals surface area contributed by atoms with Gasteiger partial charge >= 0.3 is 0 Å². The fourth-order valence-corrected chi connectivity index (χ4v) is 5.34. The second kappa shape index (κ2) is 9.96. The lowest BCUT2D eigenvalue weighted by atomic mass is 9.87. The van der Waals surface area contributed by atoms with Crippen LogP contribution in [0.1, 0.15) is 54.3 Å². The van der Waals surface area contributed by atoms with Crippen molar-refractivity contribution in [2.24, 2.45) is 7.05 Å². The number of rotatable bonds is 6. The Morgan fingerprint density at radius 3 is 2.34 bits per heavy atom. The molecule has 8 nitrogen and oxygen atoms in total. The molecule has 5 rings (SSSR count). The number of aromatic nitrogens is 5. The fourth-order valence-electron chi connectivity index (χ4n) is 5.34. The van der Waals surface area contributed by atoms with Crippen LogP contribution < -0.4 is 4.74 Å². The van der Waals surface area contributed by atoms with Crippen LogP contribution in [0.15, 0.2) is 42.7 Å². The van der Waals surface area contributed by atoms with Gasteiger partial charge in [-0.05, 0) is 49.6 Å². The monoisotopic (exact) mass is 524 g/mol. The molecule has 1 aliphatic heterocycles. The molecule has 2 aromatic heterocycles. The van der Waals surface area contributed by atoms with Crippen LogP contribution in [0.25, 0.3) is 16.9 Å². The summed E-state index contributed by atoms with van der Waals surface area (Å²) in [5.41, 5.74) is 3.02. The first kappa shape index (κ1) is 25.5. The van der Waals surface area contributed by atoms with Gasteiger partial charge in [0.25, 0.3) is 5.91 Å². The van der Waals surface area contributed by atoms with Gasteiger partial charge in [0.2, 0.25) is 0 Å². The predicted octanol–water partition coefficient (Wildman–Crippen LogP) is 5.02. The second-order valence-electron chi connectivity index (χ2n) is 9.19. The first-order chi connectivity index (χ1) is 18.3. The summed E-state index contributed by atoms with van der Waals surface area (Å²) in [6.45, 7) is 3.94. The summed E-state index contributed by atoms with van der Waals surface area (Å²) < 4.78 is 48.9. The van der Waals surface area contributed by atoms with E-state index in [1.165, 1.54) is 24.3 Å². The number of amides is 1. The number of ether oxygens (including phenoxy) is 1. The van der Waals surface area contributed by atoms with E-state index in [0.717, 1.165) is 17.7 Å². The summed E-state index contributed by atoms with van der Waals surface area (Å²) in [6.07, 6.45) is 4.66. The maximum Gasteiger partial charge on any atom is 0.257 e. The van der Waals surface area contributed by atoms with Crippen LogP contribution in [-0.2, 0) is 13.5 Å². The van der Waals surface area contributed by atoms with Gasteiger partial charge in [-0.25, -0.2) is 13.2 Å². The first-order valence-corrected chi connectivity index (χ1v) is 12.4. The van der Waals surface area contributed by atoms with E-state index < -0.39 is 23.5 Å². The molecule has 1 amide bonds. The van der Waals surface area contributed by atoms with E-state index in [-0.39, 0.29) is 17.5 Å². The molecule has 0 saturated carbocycles. The molecule has 0 bridgehead atoms. The van der Waals surface area contributed by atoms with E-state index in [4.69, 9.17) is 9.84 Å². The molecule has 38 heavy (non-hydrogen) atoms. The standard InChI is InChI=1S/C27H27F3N6O2/c1-5-16-13-19-25(33-34(3)26(19)15-11-20(28)24(30)21(29)12-15)22(6-2)35(16)27(37)18-14-17(38-4)7-8-23(18)36-31-9-10-32-36/h7-12,14,16,22H,5-6,13H2,1-4H3. The van der Waals surface area contributed by atoms with E-state index in [1.54, 1.807) is 29.9 Å². The van der Waals surface area contributed by atoms with Gasteiger partial charge in [-0.15, -0.1) is 0 Å². The number of aryl methyl sites for hydroxylation is 1. The highest BCUT2D eigenvalue weighted by Gasteiger charge is 2.41. The van der Waals surface area contributed by atoms with Crippen molar-refractivity contribution in [3.63, 3.8) is 0 Å². The molecule has 11 heteroatoms. The van der Waals surface area contributed by atoms with E-state index in [1.807, 2.05) is 18.7 Å². The van der Waals surface area contributed by atoms with E-state index in [0.29, 0.717) is 47.7 Å². The van der Waals surface area contributed by atoms with Crippen molar-refractivity contribution < 1.29 is 22.7 Å². The Balaban J connectivity index is 1.63. The first-order valence-electron chi connectivity index (χ1n) is 12.4. The van der Waals surface area contributed by atoms with Crippen LogP contribution in [0.4, 0.5) is 13.2 Å². The van der Waals surface area contributed by atoms with Gasteiger partial charge in [-0.3, -0.25) is 9.48 Å². The lowest BCUT2D eigenvalue weighted by Gasteiger charge is -2.41. The van der Waals surface area contributed by atoms with Gasteiger partial charge in [0.05, 0.1) is 48.2 Å². The summed E-state index contributed by atoms with van der Waals surface area (Å²) in [4.78, 5) is 17.5. The third-order valence-corrected chi connectivity index (χ3v) is 7.08. The van der Waals surface area contributed by atoms with Gasteiger partial charge in [-0.1, -0.05) is 13.8 Å². The molecular formula is C27H27F3N6O2. The molecule has 0 radical (unpaired) electrons. The predicted molar refractivity (Wildman–Crippen MR) is 133 cm³/mol. The molecule has 2 atom stereocenters. The van der Waals surface area contributed by atoms with Crippen LogP contribution >= 0.6 is 0 Å². The van der Waals surface area contributed by atoms with Crippen LogP contribution in [0.5, 0.6) is 5.75 Å². The molecule has 0 spiro atoms. The quantitative estimate of drug-likeness (QED) is 0.331. The van der Waals surface area contributed by atoms with Gasteiger partial charge in [0.1, 0.15) is 5.75 Å². The number of carbonyl (C=O) groups excluding carboxylic acids is 1. The maximum atomic E-state index is 14.2. The van der Waals surface area contributed by atoms with Crippen molar-refractivity contribution in [2.75, 3.05) is 7.11 Å². The van der Waals surface area contributed by atoms with Crippen molar-refractivity contribution in [2.45, 2.75) is 45.2 Å². The van der Waals surface area contributed by atoms with Crippen molar-refractivity contribution >= 4 is 5.91 Å². The highest BCUT2D eigenvalue weighted by atomic mass is 19.2. The Hall–Kier alpha value is -4.15. The Labute approximate surface area is 217 Å². The summed E-state index contributed by atoms with van der Waals surface area (Å²) >= 11 is 0. The zero-order chi connectivity index (χ0) is 27.1. The Morgan fingerprint density at radius 2 is 1.74 bits per heavy atom. The Kier molecular flexibility index (Phi) is 6.68. The molecule has 0 saturated heterocycles. The van der Waals surface area contributed by atoms with Gasteiger partial charge in [0, 0.05) is 24.2 Å². The van der Waals surface area contributed by atoms with Gasteiger partial charge in [0.15, 0.2) is 17.5 Å². The van der Waals surface area contributed by atoms with Crippen molar-refractivity contribution in [3.8, 4) is 22.7 Å². The number of fused-ring (bicyclic) bond motifs is 1. The highest BCUT2D eigenvalue weighted by Crippen LogP contribution is 2.42. The average molecular weight is 525 g/mol. The van der Waals surface area contributed by atoms with Crippen molar-refractivity contribution in [1.82, 2.24) is 29.7 Å². The molecule has 1 aliphatic rings. The Morgan fingerprint density at radius 1 is 1.05 bits per heavy atom. The smallest absolute Gasteiger partial charge is 0.257 e. The minimum Gasteiger partial charge on any atom is -0.497 e. The number of benzene rings is 2. The average Bonchev–Trinajstić information content (AvgIpc) is 3.57. The van der Waals surface area contributed by atoms with Gasteiger partial charge < -0.3 is 9.64 Å². The minimum atomic E-state index is -1.51. The molecular weight excluding hydrogens is 497 g/mol. The lowest BCUT2D eigenvalue weighted by molar-refractivity contribution is 0.0512. The largest absolute Gasteiger partial charge is 0.497 e. The fraction of sp³-hybridized carbons (Fsp3) is 0.333. The summed E-state index contributed by atoms with van der Waals surface area (Å²) in [7, 11) is 3.21. The highest BCUT2D eigenvalue weighted by molar-refractivity contribution is 5.99. The van der Waals surface area contributed by atoms with Crippen LogP contribution in [-0.4, -0.2) is 48.7 Å². The number of hydrogen-bond acceptors (Lipinski definition) is 5. The summed E-state index contributed by atoms with van der Waals surface area (Å²) in [5.74, 6) is -3.76. The molecule has 3 heterocycles. The third-order valence-electron chi connectivity index (χ3n) is 7.08. The molecule has 2 unspecified atom stereocenters. The zero-order valence-corrected chi connectivity index (χ0v) is 21.5. The molecule has 4 aromatic rings. The number of nitrogens with zero attached hydrogens (tertiary/aromatic N) is 6. The van der Waals surface area contributed by atoms with E-state index in [2.05, 4.69) is 10.2 Å². The zero-order valence-electron chi connectivity index (χ0n) is 21.5. The van der Waals surface area contributed by atoms with Crippen LogP contribution in [0, 0.1) is 17.5 Å². The summed E-state index contributed by atoms with van der Waals surface area (Å²) in [6, 6.07) is 6.47. The Bertz CT molecular complexity index is 1480. The normalized spacial score (nSPS) is 17.0. The SMILES string of the molecule is CCC1Cc2c(nn(C)c2-c2cc(F)c(F)c(F)c2)C(CC)N1C(=O)c1cc(OC)ccc1-n1nccn1. The number of methoxy groups -OCH3 is 1. The minimum absolute atomic E-state index is 0.196. The number of halogens is 3. The maximum absolute atomic E-state index is 14.2. The van der Waals surface area contributed by atoms with Crippen LogP contribution in [0.3, 0.4) is 0 Å². The van der Waals surface area contributed by atoms with Crippen LogP contribution in [0.2, 0.25) is 0 Å². The molecule has 198 valence electrons. The topological polar surface area (TPSA) is 78.1 Å². The van der Waals surface area contributed by atoms with E-state index >= 15 is 0 Å². The molecule has 2 aromatic carbocycles. The van der Waals surface area contributed by atoms with E-state index in [9.17, 15) is 18.0 Å². The second-order valence-corrected chi connectivity index (χ2v) is 9.19. The number of carbonyl (C=O) groups is 1. The third kappa shape index (κ3) is 4.11. The van der Waals surface area contributed by atoms with Crippen molar-refractivity contribution in [3.05, 3.63) is 77.0 Å². The summed E-state index contributed by atoms with van der Waals surface area (Å²) in [5, 5.41) is 13.1. The lowest BCUT2D eigenvalue weighted by Crippen LogP contribution is -2.47. The molecule has 0 N–H and O–H groups in total. The van der Waals surface area contributed by atoms with Gasteiger partial charge in [-0.2, -0.15) is 20.1 Å². The van der Waals surface area contributed by atoms with Crippen molar-refractivity contribution in [1.29, 1.82) is 0 Å². The number of hydrogen-bond donors (Lipinski definition) is 0.